The van der Waals surface area contributed by atoms with Gasteiger partial charge in [-0.05, 0) is 35.2 Å². The van der Waals surface area contributed by atoms with Crippen LogP contribution in [-0.2, 0) is 11.2 Å². The van der Waals surface area contributed by atoms with E-state index in [1.54, 1.807) is 30.5 Å². The molecular weight excluding hydrogens is 352 g/mol. The number of pyridine rings is 1. The molecule has 1 N–H and O–H groups in total. The lowest BCUT2D eigenvalue weighted by atomic mass is 10.0. The minimum absolute atomic E-state index is 0.189. The van der Waals surface area contributed by atoms with Crippen LogP contribution in [0.5, 0.6) is 0 Å². The van der Waals surface area contributed by atoms with Crippen LogP contribution >= 0.6 is 11.6 Å². The highest BCUT2D eigenvalue weighted by atomic mass is 35.5. The predicted molar refractivity (Wildman–Crippen MR) is 97.2 cm³/mol. The molecule has 26 heavy (non-hydrogen) atoms. The van der Waals surface area contributed by atoms with Gasteiger partial charge in [-0.15, -0.1) is 0 Å². The highest BCUT2D eigenvalue weighted by Gasteiger charge is 2.20. The third-order valence-electron chi connectivity index (χ3n) is 4.28. The number of H-pyrrole nitrogens is 1. The van der Waals surface area contributed by atoms with Crippen LogP contribution in [0.25, 0.3) is 21.7 Å². The average Bonchev–Trinajstić information content (AvgIpc) is 2.98. The van der Waals surface area contributed by atoms with Gasteiger partial charge in [0, 0.05) is 39.9 Å². The largest absolute Gasteiger partial charge is 0.550 e. The molecule has 0 amide bonds. The number of carbonyl (C=O) groups excluding carboxylic acids is 2. The van der Waals surface area contributed by atoms with E-state index < -0.39 is 12.4 Å². The number of aromatic nitrogens is 2. The van der Waals surface area contributed by atoms with Gasteiger partial charge in [0.25, 0.3) is 0 Å². The van der Waals surface area contributed by atoms with Gasteiger partial charge >= 0.3 is 0 Å². The fraction of sp³-hybridized carbons (Fsp3) is 0.0500. The first kappa shape index (κ1) is 16.3. The van der Waals surface area contributed by atoms with Crippen molar-refractivity contribution in [3.8, 4) is 0 Å². The third kappa shape index (κ3) is 2.82. The van der Waals surface area contributed by atoms with Crippen LogP contribution in [0.3, 0.4) is 0 Å². The minimum atomic E-state index is -1.27. The number of fused-ring (bicyclic) bond motifs is 2. The van der Waals surface area contributed by atoms with Crippen molar-refractivity contribution in [1.82, 2.24) is 9.97 Å². The van der Waals surface area contributed by atoms with E-state index in [0.29, 0.717) is 21.5 Å². The molecule has 0 unspecified atom stereocenters. The van der Waals surface area contributed by atoms with E-state index >= 15 is 0 Å². The van der Waals surface area contributed by atoms with Crippen molar-refractivity contribution in [1.29, 1.82) is 0 Å². The molecule has 0 aliphatic heterocycles. The summed E-state index contributed by atoms with van der Waals surface area (Å²) < 4.78 is 0. The molecule has 0 saturated heterocycles. The molecule has 4 aromatic rings. The Hall–Kier alpha value is -3.18. The second-order valence-electron chi connectivity index (χ2n) is 5.96. The molecule has 0 fully saturated rings. The molecule has 0 saturated carbocycles. The SMILES string of the molecule is O=C([O-])Cc1c(C(=O)c2cc3ccccc3cn2)[nH]c2ccc(Cl)cc12. The Kier molecular flexibility index (Phi) is 3.93. The lowest BCUT2D eigenvalue weighted by molar-refractivity contribution is -0.304. The summed E-state index contributed by atoms with van der Waals surface area (Å²) in [5, 5.41) is 14.0. The monoisotopic (exact) mass is 363 g/mol. The van der Waals surface area contributed by atoms with Gasteiger partial charge in [0.15, 0.2) is 0 Å². The number of aromatic amines is 1. The number of carbonyl (C=O) groups is 2. The molecule has 128 valence electrons. The van der Waals surface area contributed by atoms with Crippen molar-refractivity contribution in [2.75, 3.05) is 0 Å². The Morgan fingerprint density at radius 1 is 1.08 bits per heavy atom. The first-order chi connectivity index (χ1) is 12.5. The number of hydrogen-bond acceptors (Lipinski definition) is 4. The summed E-state index contributed by atoms with van der Waals surface area (Å²) in [5.74, 6) is -1.65. The van der Waals surface area contributed by atoms with Gasteiger partial charge in [-0.25, -0.2) is 0 Å². The Bertz CT molecular complexity index is 1180. The summed E-state index contributed by atoms with van der Waals surface area (Å²) in [5.41, 5.74) is 1.41. The van der Waals surface area contributed by atoms with Crippen LogP contribution in [-0.4, -0.2) is 21.7 Å². The number of nitrogens with zero attached hydrogens (tertiary/aromatic N) is 1. The van der Waals surface area contributed by atoms with Crippen LogP contribution in [0.15, 0.2) is 54.7 Å². The van der Waals surface area contributed by atoms with Gasteiger partial charge in [-0.3, -0.25) is 9.78 Å². The predicted octanol–water partition coefficient (Wildman–Crippen LogP) is 2.89. The molecule has 0 spiro atoms. The molecule has 2 heterocycles. The lowest BCUT2D eigenvalue weighted by Crippen LogP contribution is -2.25. The molecule has 0 bridgehead atoms. The number of ketones is 1. The molecule has 4 rings (SSSR count). The maximum Gasteiger partial charge on any atom is 0.227 e. The van der Waals surface area contributed by atoms with E-state index in [1.807, 2.05) is 24.3 Å². The smallest absolute Gasteiger partial charge is 0.227 e. The molecule has 0 aliphatic rings. The Morgan fingerprint density at radius 2 is 1.85 bits per heavy atom. The maximum absolute atomic E-state index is 13.0. The van der Waals surface area contributed by atoms with Crippen molar-refractivity contribution in [2.45, 2.75) is 6.42 Å². The zero-order valence-electron chi connectivity index (χ0n) is 13.5. The van der Waals surface area contributed by atoms with Gasteiger partial charge in [0.05, 0.1) is 5.69 Å². The maximum atomic E-state index is 13.0. The van der Waals surface area contributed by atoms with E-state index in [4.69, 9.17) is 11.6 Å². The molecule has 0 radical (unpaired) electrons. The lowest BCUT2D eigenvalue weighted by Gasteiger charge is -2.06. The summed E-state index contributed by atoms with van der Waals surface area (Å²) in [6, 6.07) is 14.3. The Labute approximate surface area is 153 Å². The number of rotatable bonds is 4. The van der Waals surface area contributed by atoms with Crippen LogP contribution in [0.4, 0.5) is 0 Å². The number of halogens is 1. The molecule has 2 aromatic heterocycles. The normalized spacial score (nSPS) is 11.1. The summed E-state index contributed by atoms with van der Waals surface area (Å²) in [6.45, 7) is 0. The van der Waals surface area contributed by atoms with E-state index in [0.717, 1.165) is 10.8 Å². The third-order valence-corrected chi connectivity index (χ3v) is 4.52. The highest BCUT2D eigenvalue weighted by molar-refractivity contribution is 6.31. The Morgan fingerprint density at radius 3 is 2.62 bits per heavy atom. The molecule has 6 heteroatoms. The van der Waals surface area contributed by atoms with Gasteiger partial charge < -0.3 is 14.9 Å². The van der Waals surface area contributed by atoms with Crippen LogP contribution < -0.4 is 5.11 Å². The molecule has 2 aromatic carbocycles. The van der Waals surface area contributed by atoms with E-state index in [2.05, 4.69) is 9.97 Å². The van der Waals surface area contributed by atoms with E-state index in [9.17, 15) is 14.7 Å². The average molecular weight is 364 g/mol. The molecule has 0 aliphatic carbocycles. The van der Waals surface area contributed by atoms with Gasteiger partial charge in [0.1, 0.15) is 5.69 Å². The van der Waals surface area contributed by atoms with Crippen molar-refractivity contribution < 1.29 is 14.7 Å². The van der Waals surface area contributed by atoms with Crippen LogP contribution in [0, 0.1) is 0 Å². The van der Waals surface area contributed by atoms with Crippen molar-refractivity contribution in [3.63, 3.8) is 0 Å². The number of benzene rings is 2. The van der Waals surface area contributed by atoms with Crippen molar-refractivity contribution in [3.05, 3.63) is 76.7 Å². The zero-order chi connectivity index (χ0) is 18.3. The number of aliphatic carboxylic acids is 1. The van der Waals surface area contributed by atoms with Crippen molar-refractivity contribution in [2.24, 2.45) is 0 Å². The van der Waals surface area contributed by atoms with Crippen LogP contribution in [0.1, 0.15) is 21.7 Å². The summed E-state index contributed by atoms with van der Waals surface area (Å²) in [4.78, 5) is 31.4. The van der Waals surface area contributed by atoms with Gasteiger partial charge in [-0.1, -0.05) is 35.9 Å². The number of nitrogens with one attached hydrogen (secondary N) is 1. The van der Waals surface area contributed by atoms with Crippen LogP contribution in [0.2, 0.25) is 5.02 Å². The second kappa shape index (κ2) is 6.28. The van der Waals surface area contributed by atoms with E-state index in [-0.39, 0.29) is 17.2 Å². The van der Waals surface area contributed by atoms with Gasteiger partial charge in [-0.2, -0.15) is 0 Å². The topological polar surface area (TPSA) is 85.9 Å². The van der Waals surface area contributed by atoms with Gasteiger partial charge in [0.2, 0.25) is 5.78 Å². The zero-order valence-corrected chi connectivity index (χ0v) is 14.2. The van der Waals surface area contributed by atoms with Crippen molar-refractivity contribution >= 4 is 45.0 Å². The molecule has 0 atom stereocenters. The number of hydrogen-bond donors (Lipinski definition) is 1. The fourth-order valence-electron chi connectivity index (χ4n) is 3.08. The quantitative estimate of drug-likeness (QED) is 0.565. The van der Waals surface area contributed by atoms with E-state index in [1.165, 1.54) is 0 Å². The summed E-state index contributed by atoms with van der Waals surface area (Å²) >= 11 is 6.02. The summed E-state index contributed by atoms with van der Waals surface area (Å²) in [7, 11) is 0. The molecular formula is C20H12ClN2O3-. The first-order valence-electron chi connectivity index (χ1n) is 7.92. The fourth-order valence-corrected chi connectivity index (χ4v) is 3.25. The summed E-state index contributed by atoms with van der Waals surface area (Å²) in [6.07, 6.45) is 1.23. The minimum Gasteiger partial charge on any atom is -0.550 e. The first-order valence-corrected chi connectivity index (χ1v) is 8.30. The second-order valence-corrected chi connectivity index (χ2v) is 6.40. The Balaban J connectivity index is 1.88. The number of carboxylic acids is 1. The number of carboxylic acid groups (broad SMARTS) is 1. The standard InChI is InChI=1S/C20H13ClN2O3/c21-13-5-6-16-14(8-13)15(9-18(24)25)19(23-16)20(26)17-7-11-3-1-2-4-12(11)10-22-17/h1-8,10,23H,9H2,(H,24,25)/p-1. The molecule has 5 nitrogen and oxygen atoms in total. The highest BCUT2D eigenvalue weighted by Crippen LogP contribution is 2.28.